The lowest BCUT2D eigenvalue weighted by molar-refractivity contribution is -0.133. The van der Waals surface area contributed by atoms with Gasteiger partial charge in [-0.15, -0.1) is 0 Å². The van der Waals surface area contributed by atoms with Gasteiger partial charge in [0, 0.05) is 19.1 Å². The van der Waals surface area contributed by atoms with E-state index in [-0.39, 0.29) is 11.9 Å². The van der Waals surface area contributed by atoms with Crippen LogP contribution in [-0.4, -0.2) is 36.0 Å². The monoisotopic (exact) mass is 182 g/mol. The lowest BCUT2D eigenvalue weighted by Gasteiger charge is -2.25. The second-order valence-corrected chi connectivity index (χ2v) is 4.60. The van der Waals surface area contributed by atoms with Crippen LogP contribution in [0.1, 0.15) is 26.7 Å². The molecule has 2 rings (SSSR count). The topological polar surface area (TPSA) is 32.3 Å². The highest BCUT2D eigenvalue weighted by molar-refractivity contribution is 5.82. The molecular formula is C10H18N2O. The molecule has 74 valence electrons. The molecule has 2 fully saturated rings. The summed E-state index contributed by atoms with van der Waals surface area (Å²) in [6.07, 6.45) is 2.34. The zero-order chi connectivity index (χ0) is 9.59. The van der Waals surface area contributed by atoms with Gasteiger partial charge in [-0.25, -0.2) is 0 Å². The number of nitrogens with one attached hydrogen (secondary N) is 1. The molecule has 3 nitrogen and oxygen atoms in total. The van der Waals surface area contributed by atoms with Crippen molar-refractivity contribution in [2.45, 2.75) is 44.8 Å². The molecule has 1 aliphatic heterocycles. The van der Waals surface area contributed by atoms with E-state index in [2.05, 4.69) is 5.32 Å². The molecule has 3 heteroatoms. The van der Waals surface area contributed by atoms with Gasteiger partial charge < -0.3 is 10.2 Å². The summed E-state index contributed by atoms with van der Waals surface area (Å²) in [5, 5.41) is 3.37. The molecule has 0 aromatic carbocycles. The van der Waals surface area contributed by atoms with Gasteiger partial charge in [-0.05, 0) is 32.6 Å². The maximum absolute atomic E-state index is 11.8. The molecule has 0 spiro atoms. The fourth-order valence-electron chi connectivity index (χ4n) is 2.01. The maximum Gasteiger partial charge on any atom is 0.239 e. The van der Waals surface area contributed by atoms with Crippen LogP contribution in [0, 0.1) is 5.92 Å². The summed E-state index contributed by atoms with van der Waals surface area (Å²) in [6, 6.07) is 1.08. The minimum Gasteiger partial charge on any atom is -0.342 e. The number of likely N-dealkylation sites (N-methyl/N-ethyl adjacent to an activating group) is 1. The molecule has 13 heavy (non-hydrogen) atoms. The average Bonchev–Trinajstić information content (AvgIpc) is 2.71. The lowest BCUT2D eigenvalue weighted by Crippen LogP contribution is -2.45. The van der Waals surface area contributed by atoms with Crippen molar-refractivity contribution < 1.29 is 4.79 Å². The van der Waals surface area contributed by atoms with Crippen molar-refractivity contribution in [2.75, 3.05) is 7.05 Å². The van der Waals surface area contributed by atoms with Crippen molar-refractivity contribution in [1.82, 2.24) is 10.2 Å². The molecule has 1 heterocycles. The number of rotatable bonds is 2. The summed E-state index contributed by atoms with van der Waals surface area (Å²) in [5.74, 6) is 1.07. The van der Waals surface area contributed by atoms with Crippen LogP contribution in [0.15, 0.2) is 0 Å². The van der Waals surface area contributed by atoms with E-state index in [1.165, 1.54) is 6.42 Å². The Labute approximate surface area is 79.5 Å². The van der Waals surface area contributed by atoms with Crippen LogP contribution in [0.3, 0.4) is 0 Å². The predicted octanol–water partition coefficient (Wildman–Crippen LogP) is 0.604. The van der Waals surface area contributed by atoms with Gasteiger partial charge in [0.2, 0.25) is 5.91 Å². The SMILES string of the molecule is CC(C)N(C)C(=O)[C@@H]1C[C@H]2C[C@H]2N1. The van der Waals surface area contributed by atoms with Gasteiger partial charge in [-0.3, -0.25) is 4.79 Å². The Bertz CT molecular complexity index is 217. The number of hydrogen-bond acceptors (Lipinski definition) is 2. The smallest absolute Gasteiger partial charge is 0.239 e. The molecule has 1 saturated heterocycles. The van der Waals surface area contributed by atoms with Crippen molar-refractivity contribution in [3.05, 3.63) is 0 Å². The van der Waals surface area contributed by atoms with Crippen LogP contribution in [-0.2, 0) is 4.79 Å². The predicted molar refractivity (Wildman–Crippen MR) is 51.3 cm³/mol. The van der Waals surface area contributed by atoms with E-state index in [0.29, 0.717) is 12.1 Å². The Morgan fingerprint density at radius 2 is 2.15 bits per heavy atom. The second kappa shape index (κ2) is 2.98. The minimum atomic E-state index is 0.108. The van der Waals surface area contributed by atoms with Gasteiger partial charge in [-0.1, -0.05) is 0 Å². The molecule has 1 amide bonds. The molecule has 0 radical (unpaired) electrons. The van der Waals surface area contributed by atoms with Crippen molar-refractivity contribution in [3.8, 4) is 0 Å². The fourth-order valence-corrected chi connectivity index (χ4v) is 2.01. The Hall–Kier alpha value is -0.570. The highest BCUT2D eigenvalue weighted by Gasteiger charge is 2.48. The second-order valence-electron chi connectivity index (χ2n) is 4.60. The summed E-state index contributed by atoms with van der Waals surface area (Å²) in [6.45, 7) is 4.10. The third-order valence-electron chi connectivity index (χ3n) is 3.30. The summed E-state index contributed by atoms with van der Waals surface area (Å²) < 4.78 is 0. The van der Waals surface area contributed by atoms with E-state index in [9.17, 15) is 4.79 Å². The first-order valence-electron chi connectivity index (χ1n) is 5.12. The van der Waals surface area contributed by atoms with Gasteiger partial charge in [0.25, 0.3) is 0 Å². The summed E-state index contributed by atoms with van der Waals surface area (Å²) in [7, 11) is 1.89. The van der Waals surface area contributed by atoms with Gasteiger partial charge >= 0.3 is 0 Å². The molecule has 1 saturated carbocycles. The van der Waals surface area contributed by atoms with Crippen molar-refractivity contribution in [3.63, 3.8) is 0 Å². The summed E-state index contributed by atoms with van der Waals surface area (Å²) >= 11 is 0. The molecule has 3 atom stereocenters. The molecule has 0 bridgehead atoms. The molecule has 2 aliphatic rings. The first kappa shape index (κ1) is 9.00. The van der Waals surface area contributed by atoms with E-state index in [0.717, 1.165) is 12.3 Å². The molecule has 0 aromatic rings. The van der Waals surface area contributed by atoms with Crippen LogP contribution in [0.2, 0.25) is 0 Å². The third kappa shape index (κ3) is 1.57. The molecule has 0 unspecified atom stereocenters. The molecule has 1 N–H and O–H groups in total. The quantitative estimate of drug-likeness (QED) is 0.678. The van der Waals surface area contributed by atoms with E-state index < -0.39 is 0 Å². The van der Waals surface area contributed by atoms with Crippen molar-refractivity contribution in [1.29, 1.82) is 0 Å². The van der Waals surface area contributed by atoms with E-state index in [4.69, 9.17) is 0 Å². The van der Waals surface area contributed by atoms with Gasteiger partial charge in [-0.2, -0.15) is 0 Å². The molecule has 0 aromatic heterocycles. The largest absolute Gasteiger partial charge is 0.342 e. The highest BCUT2D eigenvalue weighted by Crippen LogP contribution is 2.40. The number of amides is 1. The fraction of sp³-hybridized carbons (Fsp3) is 0.900. The Morgan fingerprint density at radius 3 is 2.62 bits per heavy atom. The number of fused-ring (bicyclic) bond motifs is 1. The third-order valence-corrected chi connectivity index (χ3v) is 3.30. The number of piperidine rings is 1. The van der Waals surface area contributed by atoms with E-state index >= 15 is 0 Å². The Morgan fingerprint density at radius 1 is 1.46 bits per heavy atom. The zero-order valence-electron chi connectivity index (χ0n) is 8.58. The van der Waals surface area contributed by atoms with Crippen LogP contribution in [0.25, 0.3) is 0 Å². The lowest BCUT2D eigenvalue weighted by atomic mass is 10.1. The number of nitrogens with zero attached hydrogens (tertiary/aromatic N) is 1. The summed E-state index contributed by atoms with van der Waals surface area (Å²) in [5.41, 5.74) is 0. The molecule has 1 aliphatic carbocycles. The highest BCUT2D eigenvalue weighted by atomic mass is 16.2. The molecular weight excluding hydrogens is 164 g/mol. The number of carbonyl (C=O) groups excluding carboxylic acids is 1. The average molecular weight is 182 g/mol. The van der Waals surface area contributed by atoms with E-state index in [1.54, 1.807) is 0 Å². The van der Waals surface area contributed by atoms with Crippen LogP contribution < -0.4 is 5.32 Å². The van der Waals surface area contributed by atoms with Crippen LogP contribution >= 0.6 is 0 Å². The minimum absolute atomic E-state index is 0.108. The number of hydrogen-bond donors (Lipinski definition) is 1. The zero-order valence-corrected chi connectivity index (χ0v) is 8.58. The summed E-state index contributed by atoms with van der Waals surface area (Å²) in [4.78, 5) is 13.7. The Kier molecular flexibility index (Phi) is 2.06. The normalized spacial score (nSPS) is 36.2. The van der Waals surface area contributed by atoms with Gasteiger partial charge in [0.1, 0.15) is 0 Å². The van der Waals surface area contributed by atoms with Gasteiger partial charge in [0.05, 0.1) is 6.04 Å². The Balaban J connectivity index is 1.90. The maximum atomic E-state index is 11.8. The van der Waals surface area contributed by atoms with Crippen molar-refractivity contribution >= 4 is 5.91 Å². The van der Waals surface area contributed by atoms with Crippen LogP contribution in [0.4, 0.5) is 0 Å². The van der Waals surface area contributed by atoms with Crippen LogP contribution in [0.5, 0.6) is 0 Å². The first-order chi connectivity index (χ1) is 6.09. The standard InChI is InChI=1S/C10H18N2O/c1-6(2)12(3)10(13)9-5-7-4-8(7)11-9/h6-9,11H,4-5H2,1-3H3/t7-,8-,9+/m1/s1. The van der Waals surface area contributed by atoms with E-state index in [1.807, 2.05) is 25.8 Å². The van der Waals surface area contributed by atoms with Gasteiger partial charge in [0.15, 0.2) is 0 Å². The van der Waals surface area contributed by atoms with Crippen molar-refractivity contribution in [2.24, 2.45) is 5.92 Å². The first-order valence-corrected chi connectivity index (χ1v) is 5.12. The number of carbonyl (C=O) groups is 1.